The molecule has 1 fully saturated rings. The Bertz CT molecular complexity index is 585. The highest BCUT2D eigenvalue weighted by Gasteiger charge is 2.30. The molecule has 0 bridgehead atoms. The third kappa shape index (κ3) is 2.62. The van der Waals surface area contributed by atoms with Gasteiger partial charge in [-0.15, -0.1) is 0 Å². The number of carbonyl (C=O) groups is 3. The number of amides is 3. The summed E-state index contributed by atoms with van der Waals surface area (Å²) < 4.78 is 0. The van der Waals surface area contributed by atoms with Gasteiger partial charge in [-0.2, -0.15) is 0 Å². The number of hydrogen-bond donors (Lipinski definition) is 2. The first-order valence-corrected chi connectivity index (χ1v) is 6.10. The van der Waals surface area contributed by atoms with Gasteiger partial charge in [-0.1, -0.05) is 0 Å². The lowest BCUT2D eigenvalue weighted by Gasteiger charge is -2.37. The molecule has 0 aliphatic carbocycles. The molecule has 1 unspecified atom stereocenters. The van der Waals surface area contributed by atoms with Crippen LogP contribution in [-0.4, -0.2) is 28.8 Å². The van der Waals surface area contributed by atoms with Gasteiger partial charge in [0.25, 0.3) is 0 Å². The second-order valence-electron chi connectivity index (χ2n) is 4.67. The number of aryl methyl sites for hydroxylation is 1. The van der Waals surface area contributed by atoms with Gasteiger partial charge in [0.2, 0.25) is 17.7 Å². The maximum Gasteiger partial charge on any atom is 0.248 e. The van der Waals surface area contributed by atoms with Gasteiger partial charge < -0.3 is 16.0 Å². The molecule has 1 aromatic rings. The fourth-order valence-electron chi connectivity index (χ4n) is 2.09. The average molecular weight is 276 g/mol. The summed E-state index contributed by atoms with van der Waals surface area (Å²) >= 11 is 0. The molecule has 1 heterocycles. The van der Waals surface area contributed by atoms with Crippen LogP contribution in [-0.2, 0) is 9.59 Å². The maximum absolute atomic E-state index is 12.1. The summed E-state index contributed by atoms with van der Waals surface area (Å²) in [6, 6.07) is 3.37. The number of hydroxylamine groups is 2. The SMILES string of the molecule is Cc1cc(N)ccc1C(=O)N([O-])C1CCC(=O)NC1=O. The van der Waals surface area contributed by atoms with Crippen LogP contribution in [0.3, 0.4) is 0 Å². The zero-order chi connectivity index (χ0) is 14.9. The molecule has 3 N–H and O–H groups in total. The van der Waals surface area contributed by atoms with Gasteiger partial charge in [0, 0.05) is 17.7 Å². The van der Waals surface area contributed by atoms with Crippen molar-refractivity contribution >= 4 is 23.4 Å². The number of nitrogens with two attached hydrogens (primary N) is 1. The molecule has 20 heavy (non-hydrogen) atoms. The second-order valence-corrected chi connectivity index (χ2v) is 4.67. The van der Waals surface area contributed by atoms with E-state index in [9.17, 15) is 19.6 Å². The van der Waals surface area contributed by atoms with E-state index in [-0.39, 0.29) is 23.5 Å². The van der Waals surface area contributed by atoms with Crippen LogP contribution in [0.15, 0.2) is 18.2 Å². The molecule has 1 aliphatic heterocycles. The Hall–Kier alpha value is -2.41. The van der Waals surface area contributed by atoms with E-state index in [4.69, 9.17) is 5.73 Å². The lowest BCUT2D eigenvalue weighted by Crippen LogP contribution is -2.52. The maximum atomic E-state index is 12.1. The normalized spacial score (nSPS) is 18.6. The van der Waals surface area contributed by atoms with Gasteiger partial charge in [-0.05, 0) is 37.1 Å². The molecule has 0 saturated carbocycles. The number of imide groups is 1. The second kappa shape index (κ2) is 5.30. The monoisotopic (exact) mass is 276 g/mol. The van der Waals surface area contributed by atoms with Crippen molar-refractivity contribution < 1.29 is 14.4 Å². The molecule has 1 saturated heterocycles. The van der Waals surface area contributed by atoms with E-state index in [1.165, 1.54) is 12.1 Å². The Kier molecular flexibility index (Phi) is 3.71. The molecule has 1 atom stereocenters. The predicted molar refractivity (Wildman–Crippen MR) is 71.3 cm³/mol. The topological polar surface area (TPSA) is 116 Å². The van der Waals surface area contributed by atoms with Crippen LogP contribution < -0.4 is 11.1 Å². The van der Waals surface area contributed by atoms with Crippen LogP contribution in [0.5, 0.6) is 0 Å². The summed E-state index contributed by atoms with van der Waals surface area (Å²) in [6.45, 7) is 1.65. The molecule has 0 spiro atoms. The molecule has 7 heteroatoms. The minimum atomic E-state index is -1.17. The molecule has 1 aromatic carbocycles. The number of nitrogen functional groups attached to an aromatic ring is 1. The van der Waals surface area contributed by atoms with Crippen LogP contribution in [0, 0.1) is 12.1 Å². The van der Waals surface area contributed by atoms with Crippen molar-refractivity contribution in [3.63, 3.8) is 0 Å². The number of nitrogens with zero attached hydrogens (tertiary/aromatic N) is 1. The van der Waals surface area contributed by atoms with E-state index < -0.39 is 23.8 Å². The first-order valence-electron chi connectivity index (χ1n) is 6.10. The third-order valence-electron chi connectivity index (χ3n) is 3.17. The summed E-state index contributed by atoms with van der Waals surface area (Å²) in [5.41, 5.74) is 6.81. The van der Waals surface area contributed by atoms with Gasteiger partial charge in [0.05, 0.1) is 0 Å². The van der Waals surface area contributed by atoms with Crippen molar-refractivity contribution in [1.29, 1.82) is 0 Å². The van der Waals surface area contributed by atoms with Gasteiger partial charge in [-0.3, -0.25) is 19.7 Å². The van der Waals surface area contributed by atoms with Crippen LogP contribution in [0.2, 0.25) is 0 Å². The van der Waals surface area contributed by atoms with Crippen molar-refractivity contribution in [3.05, 3.63) is 34.5 Å². The van der Waals surface area contributed by atoms with E-state index in [2.05, 4.69) is 0 Å². The lowest BCUT2D eigenvalue weighted by molar-refractivity contribution is -0.136. The van der Waals surface area contributed by atoms with E-state index in [1.807, 2.05) is 5.32 Å². The number of nitrogens with one attached hydrogen (secondary N) is 1. The Morgan fingerprint density at radius 2 is 2.15 bits per heavy atom. The number of piperidine rings is 1. The molecule has 106 valence electrons. The molecule has 2 rings (SSSR count). The number of benzene rings is 1. The largest absolute Gasteiger partial charge is 0.755 e. The Morgan fingerprint density at radius 1 is 1.45 bits per heavy atom. The van der Waals surface area contributed by atoms with Crippen molar-refractivity contribution in [1.82, 2.24) is 10.4 Å². The first-order chi connectivity index (χ1) is 9.40. The summed E-state index contributed by atoms with van der Waals surface area (Å²) in [6.07, 6.45) is 0.0804. The van der Waals surface area contributed by atoms with Crippen molar-refractivity contribution in [2.75, 3.05) is 5.73 Å². The van der Waals surface area contributed by atoms with Crippen LogP contribution in [0.25, 0.3) is 0 Å². The molecular weight excluding hydrogens is 262 g/mol. The fourth-order valence-corrected chi connectivity index (χ4v) is 2.09. The van der Waals surface area contributed by atoms with Crippen molar-refractivity contribution in [3.8, 4) is 0 Å². The molecule has 1 aliphatic rings. The Balaban J connectivity index is 2.20. The quantitative estimate of drug-likeness (QED) is 0.458. The number of rotatable bonds is 2. The summed E-state index contributed by atoms with van der Waals surface area (Å²) in [4.78, 5) is 34.7. The van der Waals surface area contributed by atoms with Gasteiger partial charge in [0.15, 0.2) is 0 Å². The number of hydrogen-bond acceptors (Lipinski definition) is 5. The summed E-state index contributed by atoms with van der Waals surface area (Å²) in [5.74, 6) is -1.98. The predicted octanol–water partition coefficient (Wildman–Crippen LogP) is 0.322. The number of anilines is 1. The minimum absolute atomic E-state index is 0.0356. The lowest BCUT2D eigenvalue weighted by atomic mass is 10.0. The van der Waals surface area contributed by atoms with Crippen molar-refractivity contribution in [2.24, 2.45) is 0 Å². The van der Waals surface area contributed by atoms with Crippen LogP contribution >= 0.6 is 0 Å². The van der Waals surface area contributed by atoms with E-state index in [0.29, 0.717) is 11.3 Å². The Labute approximate surface area is 115 Å². The third-order valence-corrected chi connectivity index (χ3v) is 3.17. The molecule has 3 amide bonds. The number of carbonyl (C=O) groups excluding carboxylic acids is 3. The van der Waals surface area contributed by atoms with E-state index in [0.717, 1.165) is 0 Å². The van der Waals surface area contributed by atoms with E-state index >= 15 is 0 Å². The zero-order valence-corrected chi connectivity index (χ0v) is 10.9. The smallest absolute Gasteiger partial charge is 0.248 e. The highest BCUT2D eigenvalue weighted by molar-refractivity contribution is 6.04. The average Bonchev–Trinajstić information content (AvgIpc) is 2.37. The molecular formula is C13H14N3O4-. The van der Waals surface area contributed by atoms with Gasteiger partial charge in [0.1, 0.15) is 6.04 Å². The van der Waals surface area contributed by atoms with E-state index in [1.54, 1.807) is 13.0 Å². The highest BCUT2D eigenvalue weighted by Crippen LogP contribution is 2.18. The van der Waals surface area contributed by atoms with Gasteiger partial charge in [-0.25, -0.2) is 0 Å². The van der Waals surface area contributed by atoms with Gasteiger partial charge >= 0.3 is 0 Å². The molecule has 7 nitrogen and oxygen atoms in total. The summed E-state index contributed by atoms with van der Waals surface area (Å²) in [7, 11) is 0. The minimum Gasteiger partial charge on any atom is -0.755 e. The summed E-state index contributed by atoms with van der Waals surface area (Å²) in [5, 5.41) is 14.2. The van der Waals surface area contributed by atoms with Crippen molar-refractivity contribution in [2.45, 2.75) is 25.8 Å². The zero-order valence-electron chi connectivity index (χ0n) is 10.9. The Morgan fingerprint density at radius 3 is 2.75 bits per heavy atom. The highest BCUT2D eigenvalue weighted by atomic mass is 16.5. The van der Waals surface area contributed by atoms with Crippen LogP contribution in [0.4, 0.5) is 5.69 Å². The molecule has 0 radical (unpaired) electrons. The fraction of sp³-hybridized carbons (Fsp3) is 0.308. The van der Waals surface area contributed by atoms with Crippen LogP contribution in [0.1, 0.15) is 28.8 Å². The molecule has 0 aromatic heterocycles. The standard InChI is InChI=1S/C13H14N3O4/c1-7-6-8(14)2-3-9(7)13(19)16(20)10-4-5-11(17)15-12(10)18/h2-3,6,10H,4-5,14H2,1H3,(H,15,17,18)/q-1. The first kappa shape index (κ1) is 14.0.